The summed E-state index contributed by atoms with van der Waals surface area (Å²) in [6.45, 7) is 6.01. The first kappa shape index (κ1) is 14.3. The fourth-order valence-corrected chi connectivity index (χ4v) is 3.15. The molecule has 2 aromatic heterocycles. The Labute approximate surface area is 129 Å². The van der Waals surface area contributed by atoms with E-state index in [-0.39, 0.29) is 0 Å². The predicted octanol–water partition coefficient (Wildman–Crippen LogP) is 3.26. The summed E-state index contributed by atoms with van der Waals surface area (Å²) in [5.41, 5.74) is 3.01. The summed E-state index contributed by atoms with van der Waals surface area (Å²) in [4.78, 5) is 18.3. The second-order valence-electron chi connectivity index (χ2n) is 5.42. The van der Waals surface area contributed by atoms with Crippen LogP contribution in [-0.4, -0.2) is 27.0 Å². The normalized spacial score (nSPS) is 14.3. The van der Waals surface area contributed by atoms with Gasteiger partial charge in [-0.3, -0.25) is 0 Å². The molecule has 110 valence electrons. The van der Waals surface area contributed by atoms with Gasteiger partial charge in [0.25, 0.3) is 0 Å². The zero-order valence-corrected chi connectivity index (χ0v) is 13.6. The molecule has 1 saturated carbocycles. The molecule has 2 aromatic rings. The summed E-state index contributed by atoms with van der Waals surface area (Å²) in [5.74, 6) is 2.37. The molecule has 1 fully saturated rings. The standard InChI is InChI=1S/C15H19N5S/c1-8-7-9(2)18-15(17-8)21-14-10(3)12(16-4)19-13(20-14)11-5-6-11/h7,11H,5-6H2,1-4H3,(H,16,19,20). The zero-order chi connectivity index (χ0) is 15.0. The van der Waals surface area contributed by atoms with Crippen LogP contribution < -0.4 is 5.32 Å². The van der Waals surface area contributed by atoms with E-state index in [0.717, 1.165) is 38.8 Å². The Hall–Kier alpha value is -1.69. The third kappa shape index (κ3) is 3.15. The van der Waals surface area contributed by atoms with Crippen LogP contribution in [0.25, 0.3) is 0 Å². The van der Waals surface area contributed by atoms with E-state index in [1.54, 1.807) is 0 Å². The van der Waals surface area contributed by atoms with E-state index in [2.05, 4.69) is 20.3 Å². The molecule has 1 aliphatic carbocycles. The lowest BCUT2D eigenvalue weighted by atomic mass is 10.3. The number of hydrogen-bond acceptors (Lipinski definition) is 6. The van der Waals surface area contributed by atoms with Crippen molar-refractivity contribution in [3.8, 4) is 0 Å². The first-order valence-electron chi connectivity index (χ1n) is 7.13. The van der Waals surface area contributed by atoms with Gasteiger partial charge < -0.3 is 5.32 Å². The maximum atomic E-state index is 4.73. The minimum atomic E-state index is 0.525. The first-order chi connectivity index (χ1) is 10.1. The van der Waals surface area contributed by atoms with Gasteiger partial charge in [-0.1, -0.05) is 0 Å². The minimum absolute atomic E-state index is 0.525. The van der Waals surface area contributed by atoms with Gasteiger partial charge in [0.1, 0.15) is 16.7 Å². The van der Waals surface area contributed by atoms with Crippen molar-refractivity contribution in [2.45, 2.75) is 49.7 Å². The fraction of sp³-hybridized carbons (Fsp3) is 0.467. The van der Waals surface area contributed by atoms with E-state index in [0.29, 0.717) is 5.92 Å². The second kappa shape index (κ2) is 5.60. The van der Waals surface area contributed by atoms with Gasteiger partial charge in [-0.05, 0) is 51.4 Å². The van der Waals surface area contributed by atoms with Crippen LogP contribution in [0.1, 0.15) is 41.5 Å². The van der Waals surface area contributed by atoms with Crippen LogP contribution in [0.4, 0.5) is 5.82 Å². The minimum Gasteiger partial charge on any atom is -0.373 e. The highest BCUT2D eigenvalue weighted by Crippen LogP contribution is 2.40. The van der Waals surface area contributed by atoms with Gasteiger partial charge in [-0.2, -0.15) is 0 Å². The van der Waals surface area contributed by atoms with Gasteiger partial charge >= 0.3 is 0 Å². The molecule has 0 radical (unpaired) electrons. The number of nitrogens with zero attached hydrogens (tertiary/aromatic N) is 4. The summed E-state index contributed by atoms with van der Waals surface area (Å²) < 4.78 is 0. The average Bonchev–Trinajstić information content (AvgIpc) is 3.24. The molecule has 6 heteroatoms. The number of anilines is 1. The van der Waals surface area contributed by atoms with Crippen LogP contribution in [0, 0.1) is 20.8 Å². The number of aryl methyl sites for hydroxylation is 2. The highest BCUT2D eigenvalue weighted by molar-refractivity contribution is 7.99. The maximum absolute atomic E-state index is 4.73. The molecule has 1 N–H and O–H groups in total. The third-order valence-corrected chi connectivity index (χ3v) is 4.40. The summed E-state index contributed by atoms with van der Waals surface area (Å²) in [6, 6.07) is 1.98. The predicted molar refractivity (Wildman–Crippen MR) is 83.9 cm³/mol. The van der Waals surface area contributed by atoms with Crippen molar-refractivity contribution < 1.29 is 0 Å². The molecule has 0 aliphatic heterocycles. The van der Waals surface area contributed by atoms with Gasteiger partial charge in [0.15, 0.2) is 5.16 Å². The van der Waals surface area contributed by atoms with Crippen molar-refractivity contribution in [3.63, 3.8) is 0 Å². The quantitative estimate of drug-likeness (QED) is 0.691. The highest BCUT2D eigenvalue weighted by atomic mass is 32.2. The number of rotatable bonds is 4. The van der Waals surface area contributed by atoms with E-state index in [1.165, 1.54) is 24.6 Å². The molecule has 2 heterocycles. The molecular weight excluding hydrogens is 282 g/mol. The van der Waals surface area contributed by atoms with Crippen LogP contribution in [-0.2, 0) is 0 Å². The SMILES string of the molecule is CNc1nc(C2CC2)nc(Sc2nc(C)cc(C)n2)c1C. The van der Waals surface area contributed by atoms with Gasteiger partial charge in [0.05, 0.1) is 0 Å². The summed E-state index contributed by atoms with van der Waals surface area (Å²) in [7, 11) is 1.90. The lowest BCUT2D eigenvalue weighted by Gasteiger charge is -2.11. The van der Waals surface area contributed by atoms with Gasteiger partial charge in [-0.15, -0.1) is 0 Å². The number of hydrogen-bond donors (Lipinski definition) is 1. The number of nitrogens with one attached hydrogen (secondary N) is 1. The molecule has 0 amide bonds. The van der Waals surface area contributed by atoms with Crippen molar-refractivity contribution in [2.75, 3.05) is 12.4 Å². The van der Waals surface area contributed by atoms with Crippen LogP contribution in [0.2, 0.25) is 0 Å². The van der Waals surface area contributed by atoms with Crippen LogP contribution in [0.15, 0.2) is 16.2 Å². The Morgan fingerprint density at radius 3 is 2.29 bits per heavy atom. The van der Waals surface area contributed by atoms with Crippen molar-refractivity contribution in [1.82, 2.24) is 19.9 Å². The maximum Gasteiger partial charge on any atom is 0.194 e. The lowest BCUT2D eigenvalue weighted by Crippen LogP contribution is -2.04. The lowest BCUT2D eigenvalue weighted by molar-refractivity contribution is 0.854. The molecule has 3 rings (SSSR count). The molecule has 0 aromatic carbocycles. The third-order valence-electron chi connectivity index (χ3n) is 3.45. The fourth-order valence-electron chi connectivity index (χ4n) is 2.21. The van der Waals surface area contributed by atoms with Crippen molar-refractivity contribution >= 4 is 17.6 Å². The van der Waals surface area contributed by atoms with Crippen molar-refractivity contribution in [1.29, 1.82) is 0 Å². The molecule has 0 atom stereocenters. The Morgan fingerprint density at radius 1 is 1.05 bits per heavy atom. The van der Waals surface area contributed by atoms with Gasteiger partial charge in [0, 0.05) is 29.9 Å². The topological polar surface area (TPSA) is 63.6 Å². The van der Waals surface area contributed by atoms with Gasteiger partial charge in [0.2, 0.25) is 0 Å². The van der Waals surface area contributed by atoms with Crippen molar-refractivity contribution in [2.24, 2.45) is 0 Å². The second-order valence-corrected chi connectivity index (χ2v) is 6.38. The smallest absolute Gasteiger partial charge is 0.194 e. The largest absolute Gasteiger partial charge is 0.373 e. The van der Waals surface area contributed by atoms with Crippen LogP contribution in [0.5, 0.6) is 0 Å². The molecule has 5 nitrogen and oxygen atoms in total. The summed E-state index contributed by atoms with van der Waals surface area (Å²) in [5, 5.41) is 4.86. The summed E-state index contributed by atoms with van der Waals surface area (Å²) >= 11 is 1.52. The Kier molecular flexibility index (Phi) is 3.80. The van der Waals surface area contributed by atoms with E-state index < -0.39 is 0 Å². The van der Waals surface area contributed by atoms with Crippen molar-refractivity contribution in [3.05, 3.63) is 28.8 Å². The monoisotopic (exact) mass is 301 g/mol. The Morgan fingerprint density at radius 2 is 1.71 bits per heavy atom. The molecule has 21 heavy (non-hydrogen) atoms. The van der Waals surface area contributed by atoms with E-state index in [4.69, 9.17) is 4.98 Å². The summed E-state index contributed by atoms with van der Waals surface area (Å²) in [6.07, 6.45) is 2.38. The Bertz CT molecular complexity index is 662. The highest BCUT2D eigenvalue weighted by Gasteiger charge is 2.28. The van der Waals surface area contributed by atoms with E-state index >= 15 is 0 Å². The van der Waals surface area contributed by atoms with Crippen LogP contribution in [0.3, 0.4) is 0 Å². The molecular formula is C15H19N5S. The zero-order valence-electron chi connectivity index (χ0n) is 12.8. The first-order valence-corrected chi connectivity index (χ1v) is 7.95. The molecule has 0 bridgehead atoms. The number of aromatic nitrogens is 4. The molecule has 0 saturated heterocycles. The molecule has 1 aliphatic rings. The molecule has 0 unspecified atom stereocenters. The average molecular weight is 301 g/mol. The van der Waals surface area contributed by atoms with E-state index in [9.17, 15) is 0 Å². The Balaban J connectivity index is 1.98. The molecule has 0 spiro atoms. The van der Waals surface area contributed by atoms with E-state index in [1.807, 2.05) is 33.9 Å². The van der Waals surface area contributed by atoms with Crippen LogP contribution >= 0.6 is 11.8 Å². The van der Waals surface area contributed by atoms with Gasteiger partial charge in [-0.25, -0.2) is 19.9 Å².